The molecule has 1 atom stereocenters. The molecule has 0 aliphatic carbocycles. The lowest BCUT2D eigenvalue weighted by Gasteiger charge is -2.21. The van der Waals surface area contributed by atoms with E-state index in [4.69, 9.17) is 0 Å². The van der Waals surface area contributed by atoms with Crippen molar-refractivity contribution < 1.29 is 9.18 Å². The van der Waals surface area contributed by atoms with Gasteiger partial charge in [0.2, 0.25) is 5.91 Å². The summed E-state index contributed by atoms with van der Waals surface area (Å²) >= 11 is 0. The molecule has 1 amide bonds. The third-order valence-corrected chi connectivity index (χ3v) is 6.43. The van der Waals surface area contributed by atoms with E-state index in [9.17, 15) is 14.0 Å². The minimum absolute atomic E-state index is 0.234. The van der Waals surface area contributed by atoms with Crippen LogP contribution in [0.5, 0.6) is 0 Å². The average molecular weight is 499 g/mol. The first-order valence-corrected chi connectivity index (χ1v) is 12.3. The van der Waals surface area contributed by atoms with Crippen molar-refractivity contribution in [3.05, 3.63) is 113 Å². The van der Waals surface area contributed by atoms with Crippen molar-refractivity contribution in [1.82, 2.24) is 9.88 Å². The zero-order chi connectivity index (χ0) is 26.4. The molecular formula is C30H31FN4O2. The Morgan fingerprint density at radius 3 is 2.35 bits per heavy atom. The predicted octanol–water partition coefficient (Wildman–Crippen LogP) is 5.41. The van der Waals surface area contributed by atoms with Crippen LogP contribution in [0.25, 0.3) is 11.3 Å². The van der Waals surface area contributed by atoms with Crippen molar-refractivity contribution in [2.75, 3.05) is 24.3 Å². The lowest BCUT2D eigenvalue weighted by molar-refractivity contribution is -0.118. The number of hydrogen-bond acceptors (Lipinski definition) is 4. The molecule has 0 saturated carbocycles. The second-order valence-electron chi connectivity index (χ2n) is 8.83. The molecule has 6 nitrogen and oxygen atoms in total. The van der Waals surface area contributed by atoms with Crippen molar-refractivity contribution in [2.24, 2.45) is 0 Å². The van der Waals surface area contributed by atoms with Crippen LogP contribution in [-0.4, -0.2) is 30.6 Å². The Balaban J connectivity index is 1.72. The summed E-state index contributed by atoms with van der Waals surface area (Å²) in [5, 5.41) is 5.77. The predicted molar refractivity (Wildman–Crippen MR) is 148 cm³/mol. The number of benzene rings is 3. The van der Waals surface area contributed by atoms with Gasteiger partial charge >= 0.3 is 0 Å². The molecule has 0 aliphatic rings. The van der Waals surface area contributed by atoms with Gasteiger partial charge < -0.3 is 20.1 Å². The Hall–Kier alpha value is -4.23. The summed E-state index contributed by atoms with van der Waals surface area (Å²) < 4.78 is 15.1. The second kappa shape index (κ2) is 11.7. The summed E-state index contributed by atoms with van der Waals surface area (Å²) in [6.07, 6.45) is 0.604. The van der Waals surface area contributed by atoms with Gasteiger partial charge in [-0.1, -0.05) is 49.4 Å². The third kappa shape index (κ3) is 5.95. The fraction of sp³-hybridized carbons (Fsp3) is 0.200. The number of pyridine rings is 1. The molecule has 0 saturated heterocycles. The maximum atomic E-state index is 13.7. The molecule has 3 aromatic carbocycles. The highest BCUT2D eigenvalue weighted by Gasteiger charge is 2.18. The number of likely N-dealkylation sites (N-methyl/N-ethyl adjacent to an activating group) is 1. The van der Waals surface area contributed by atoms with Gasteiger partial charge in [-0.25, -0.2) is 4.39 Å². The van der Waals surface area contributed by atoms with E-state index < -0.39 is 0 Å². The fourth-order valence-electron chi connectivity index (χ4n) is 4.29. The van der Waals surface area contributed by atoms with Gasteiger partial charge in [0.15, 0.2) is 0 Å². The summed E-state index contributed by atoms with van der Waals surface area (Å²) in [4.78, 5) is 28.3. The van der Waals surface area contributed by atoms with E-state index >= 15 is 0 Å². The smallest absolute Gasteiger partial charge is 0.275 e. The summed E-state index contributed by atoms with van der Waals surface area (Å²) in [5.41, 5.74) is 4.27. The van der Waals surface area contributed by atoms with Crippen LogP contribution in [0, 0.1) is 5.82 Å². The number of carbonyl (C=O) groups is 1. The number of hydrogen-bond donors (Lipinski definition) is 2. The quantitative estimate of drug-likeness (QED) is 0.324. The average Bonchev–Trinajstić information content (AvgIpc) is 2.92. The van der Waals surface area contributed by atoms with E-state index in [0.717, 1.165) is 28.2 Å². The van der Waals surface area contributed by atoms with Gasteiger partial charge in [-0.15, -0.1) is 0 Å². The van der Waals surface area contributed by atoms with Gasteiger partial charge in [-0.2, -0.15) is 0 Å². The van der Waals surface area contributed by atoms with Gasteiger partial charge in [0.25, 0.3) is 5.56 Å². The van der Waals surface area contributed by atoms with E-state index in [1.54, 1.807) is 29.8 Å². The molecule has 7 heteroatoms. The van der Waals surface area contributed by atoms with Crippen LogP contribution in [-0.2, 0) is 11.3 Å². The Labute approximate surface area is 216 Å². The lowest BCUT2D eigenvalue weighted by atomic mass is 10.1. The molecule has 1 heterocycles. The Bertz CT molecular complexity index is 1410. The van der Waals surface area contributed by atoms with E-state index in [1.165, 1.54) is 12.1 Å². The summed E-state index contributed by atoms with van der Waals surface area (Å²) in [5.74, 6) is -0.533. The first-order valence-electron chi connectivity index (χ1n) is 12.3. The highest BCUT2D eigenvalue weighted by molar-refractivity contribution is 5.94. The zero-order valence-electron chi connectivity index (χ0n) is 21.2. The summed E-state index contributed by atoms with van der Waals surface area (Å²) in [6.45, 7) is 2.22. The third-order valence-electron chi connectivity index (χ3n) is 6.43. The molecule has 0 fully saturated rings. The maximum absolute atomic E-state index is 13.7. The summed E-state index contributed by atoms with van der Waals surface area (Å²) in [7, 11) is 3.64. The first-order chi connectivity index (χ1) is 17.9. The Morgan fingerprint density at radius 1 is 0.946 bits per heavy atom. The molecule has 2 N–H and O–H groups in total. The molecule has 1 unspecified atom stereocenters. The standard InChI is InChI=1S/C30H31FN4O2/c1-4-26(32-2)29(36)33-27-17-18-28(22-10-6-5-7-11-22)35(30(27)37)20-21-9-8-12-25(19-21)34(3)24-15-13-23(31)14-16-24/h5-19,26,32H,4,20H2,1-3H3,(H,33,36). The van der Waals surface area contributed by atoms with E-state index in [1.807, 2.05) is 79.5 Å². The van der Waals surface area contributed by atoms with Gasteiger partial charge in [-0.05, 0) is 73.1 Å². The van der Waals surface area contributed by atoms with Crippen molar-refractivity contribution in [3.63, 3.8) is 0 Å². The van der Waals surface area contributed by atoms with Crippen LogP contribution < -0.4 is 21.1 Å². The molecule has 0 bridgehead atoms. The lowest BCUT2D eigenvalue weighted by Crippen LogP contribution is -2.39. The molecule has 0 radical (unpaired) electrons. The van der Waals surface area contributed by atoms with Crippen LogP contribution in [0.3, 0.4) is 0 Å². The van der Waals surface area contributed by atoms with Crippen molar-refractivity contribution in [1.29, 1.82) is 0 Å². The highest BCUT2D eigenvalue weighted by atomic mass is 19.1. The van der Waals surface area contributed by atoms with Crippen LogP contribution >= 0.6 is 0 Å². The normalized spacial score (nSPS) is 11.7. The molecule has 4 aromatic rings. The van der Waals surface area contributed by atoms with Crippen molar-refractivity contribution in [3.8, 4) is 11.3 Å². The fourth-order valence-corrected chi connectivity index (χ4v) is 4.29. The number of amides is 1. The van der Waals surface area contributed by atoms with Gasteiger partial charge in [0.05, 0.1) is 18.3 Å². The number of aromatic nitrogens is 1. The molecule has 0 aliphatic heterocycles. The summed E-state index contributed by atoms with van der Waals surface area (Å²) in [6, 6.07) is 27.0. The molecule has 0 spiro atoms. The number of nitrogens with zero attached hydrogens (tertiary/aromatic N) is 2. The number of anilines is 3. The highest BCUT2D eigenvalue weighted by Crippen LogP contribution is 2.26. The van der Waals surface area contributed by atoms with Crippen LogP contribution in [0.15, 0.2) is 95.8 Å². The second-order valence-corrected chi connectivity index (χ2v) is 8.83. The molecule has 190 valence electrons. The minimum Gasteiger partial charge on any atom is -0.345 e. The van der Waals surface area contributed by atoms with E-state index in [0.29, 0.717) is 13.0 Å². The van der Waals surface area contributed by atoms with Gasteiger partial charge in [-0.3, -0.25) is 9.59 Å². The molecule has 1 aromatic heterocycles. The van der Waals surface area contributed by atoms with Crippen molar-refractivity contribution in [2.45, 2.75) is 25.9 Å². The van der Waals surface area contributed by atoms with E-state index in [-0.39, 0.29) is 29.0 Å². The molecule has 37 heavy (non-hydrogen) atoms. The number of halogens is 1. The van der Waals surface area contributed by atoms with Gasteiger partial charge in [0, 0.05) is 18.4 Å². The molecule has 4 rings (SSSR count). The Kier molecular flexibility index (Phi) is 8.15. The zero-order valence-corrected chi connectivity index (χ0v) is 21.2. The first kappa shape index (κ1) is 25.9. The number of nitrogens with one attached hydrogen (secondary N) is 2. The SMILES string of the molecule is CCC(NC)C(=O)Nc1ccc(-c2ccccc2)n(Cc2cccc(N(C)c3ccc(F)cc3)c2)c1=O. The molecular weight excluding hydrogens is 467 g/mol. The van der Waals surface area contributed by atoms with Crippen LogP contribution in [0.1, 0.15) is 18.9 Å². The number of carbonyl (C=O) groups excluding carboxylic acids is 1. The van der Waals surface area contributed by atoms with Crippen LogP contribution in [0.2, 0.25) is 0 Å². The van der Waals surface area contributed by atoms with Crippen LogP contribution in [0.4, 0.5) is 21.5 Å². The van der Waals surface area contributed by atoms with Gasteiger partial charge in [0.1, 0.15) is 11.5 Å². The van der Waals surface area contributed by atoms with Crippen molar-refractivity contribution >= 4 is 23.0 Å². The largest absolute Gasteiger partial charge is 0.345 e. The number of rotatable bonds is 9. The monoisotopic (exact) mass is 498 g/mol. The maximum Gasteiger partial charge on any atom is 0.275 e. The topological polar surface area (TPSA) is 66.4 Å². The minimum atomic E-state index is -0.389. The van der Waals surface area contributed by atoms with E-state index in [2.05, 4.69) is 10.6 Å². The Morgan fingerprint density at radius 2 is 1.68 bits per heavy atom.